The molecule has 4 rings (SSSR count). The van der Waals surface area contributed by atoms with Crippen molar-refractivity contribution < 1.29 is 36.7 Å². The highest BCUT2D eigenvalue weighted by Crippen LogP contribution is 2.34. The molecule has 1 unspecified atom stereocenters. The van der Waals surface area contributed by atoms with E-state index in [1.165, 1.54) is 44.6 Å². The van der Waals surface area contributed by atoms with Crippen LogP contribution in [0, 0.1) is 5.92 Å². The number of ketones is 1. The molecule has 0 spiro atoms. The number of nitrogens with zero attached hydrogens (tertiary/aromatic N) is 1. The number of hydrogen-bond acceptors (Lipinski definition) is 9. The Morgan fingerprint density at radius 3 is 2.43 bits per heavy atom. The second kappa shape index (κ2) is 13.1. The highest BCUT2D eigenvalue weighted by molar-refractivity contribution is 7.89. The summed E-state index contributed by atoms with van der Waals surface area (Å²) in [4.78, 5) is 40.5. The van der Waals surface area contributed by atoms with E-state index in [0.717, 1.165) is 0 Å². The highest BCUT2D eigenvalue weighted by atomic mass is 35.5. The summed E-state index contributed by atoms with van der Waals surface area (Å²) >= 11 is 5.98. The van der Waals surface area contributed by atoms with Crippen LogP contribution >= 0.6 is 11.6 Å². The predicted molar refractivity (Wildman–Crippen MR) is 156 cm³/mol. The summed E-state index contributed by atoms with van der Waals surface area (Å²) in [5.41, 5.74) is 0.355. The molecule has 1 aliphatic heterocycles. The van der Waals surface area contributed by atoms with E-state index >= 15 is 0 Å². The minimum Gasteiger partial charge on any atom is -0.493 e. The van der Waals surface area contributed by atoms with Crippen molar-refractivity contribution in [3.8, 4) is 11.5 Å². The maximum absolute atomic E-state index is 14.2. The van der Waals surface area contributed by atoms with Crippen molar-refractivity contribution in [1.82, 2.24) is 14.9 Å². The Bertz CT molecular complexity index is 1530. The van der Waals surface area contributed by atoms with E-state index in [9.17, 15) is 22.8 Å². The number of halogens is 1. The quantitative estimate of drug-likeness (QED) is 0.346. The molecule has 1 aliphatic rings. The van der Waals surface area contributed by atoms with Gasteiger partial charge in [0, 0.05) is 16.5 Å². The number of methoxy groups -OCH3 is 2. The Balaban J connectivity index is 1.72. The molecule has 226 valence electrons. The Kier molecular flexibility index (Phi) is 9.80. The van der Waals surface area contributed by atoms with Gasteiger partial charge in [0.25, 0.3) is 21.8 Å². The van der Waals surface area contributed by atoms with Crippen LogP contribution in [0.5, 0.6) is 11.5 Å². The molecule has 13 heteroatoms. The van der Waals surface area contributed by atoms with Gasteiger partial charge in [0.15, 0.2) is 23.0 Å². The number of carbonyl (C=O) groups excluding carboxylic acids is 3. The van der Waals surface area contributed by atoms with E-state index in [1.54, 1.807) is 12.1 Å². The number of sulfonamides is 1. The van der Waals surface area contributed by atoms with Crippen molar-refractivity contribution in [3.63, 3.8) is 0 Å². The zero-order valence-electron chi connectivity index (χ0n) is 23.8. The van der Waals surface area contributed by atoms with Gasteiger partial charge in [0.05, 0.1) is 25.7 Å². The van der Waals surface area contributed by atoms with Gasteiger partial charge in [-0.2, -0.15) is 0 Å². The molecule has 2 aromatic carbocycles. The van der Waals surface area contributed by atoms with Gasteiger partial charge in [-0.3, -0.25) is 14.4 Å². The van der Waals surface area contributed by atoms with Crippen LogP contribution in [-0.2, 0) is 19.6 Å². The third kappa shape index (κ3) is 6.71. The minimum atomic E-state index is -4.51. The molecule has 0 bridgehead atoms. The fourth-order valence-electron chi connectivity index (χ4n) is 4.87. The number of Topliss-reactive ketones (excluding diaryl/α,β-unsaturated/α-hetero) is 1. The average molecular weight is 620 g/mol. The van der Waals surface area contributed by atoms with E-state index in [2.05, 4.69) is 10.6 Å². The van der Waals surface area contributed by atoms with Gasteiger partial charge in [-0.05, 0) is 68.1 Å². The Hall–Kier alpha value is -3.61. The Labute approximate surface area is 249 Å². The molecule has 42 heavy (non-hydrogen) atoms. The first kappa shape index (κ1) is 31.3. The van der Waals surface area contributed by atoms with Gasteiger partial charge >= 0.3 is 0 Å². The van der Waals surface area contributed by atoms with E-state index in [-0.39, 0.29) is 36.0 Å². The lowest BCUT2D eigenvalue weighted by atomic mass is 10.0. The maximum atomic E-state index is 14.2. The van der Waals surface area contributed by atoms with Crippen LogP contribution < -0.4 is 20.1 Å². The number of ether oxygens (including phenoxy) is 2. The molecule has 2 amide bonds. The molecular formula is C29H34ClN3O8S. The Morgan fingerprint density at radius 1 is 1.12 bits per heavy atom. The van der Waals surface area contributed by atoms with Gasteiger partial charge in [0.1, 0.15) is 17.7 Å². The van der Waals surface area contributed by atoms with Crippen LogP contribution in [0.15, 0.2) is 51.8 Å². The van der Waals surface area contributed by atoms with Crippen LogP contribution in [0.1, 0.15) is 43.7 Å². The number of benzene rings is 2. The SMILES string of the molecule is COc1cc2cc(C(=O)NC(CC(C)C)C(=O)N([C@H]3CCCNCC3=O)S(=O)(=O)c3ccc(Cl)cc3)oc2cc1OC. The predicted octanol–water partition coefficient (Wildman–Crippen LogP) is 3.79. The topological polar surface area (TPSA) is 144 Å². The molecule has 0 radical (unpaired) electrons. The maximum Gasteiger partial charge on any atom is 0.287 e. The monoisotopic (exact) mass is 619 g/mol. The zero-order chi connectivity index (χ0) is 30.6. The van der Waals surface area contributed by atoms with Gasteiger partial charge < -0.3 is 24.5 Å². The van der Waals surface area contributed by atoms with Crippen molar-refractivity contribution in [2.45, 2.75) is 50.1 Å². The van der Waals surface area contributed by atoms with Crippen molar-refractivity contribution in [2.24, 2.45) is 5.92 Å². The van der Waals surface area contributed by atoms with Gasteiger partial charge in [0.2, 0.25) is 0 Å². The number of hydrogen-bond donors (Lipinski definition) is 2. The van der Waals surface area contributed by atoms with E-state index in [0.29, 0.717) is 44.8 Å². The number of rotatable bonds is 10. The summed E-state index contributed by atoms with van der Waals surface area (Å²) in [6.45, 7) is 4.09. The lowest BCUT2D eigenvalue weighted by Crippen LogP contribution is -2.56. The first-order valence-electron chi connectivity index (χ1n) is 13.5. The second-order valence-electron chi connectivity index (χ2n) is 10.4. The fraction of sp³-hybridized carbons (Fsp3) is 0.414. The number of nitrogens with one attached hydrogen (secondary N) is 2. The van der Waals surface area contributed by atoms with Crippen molar-refractivity contribution in [3.05, 3.63) is 53.2 Å². The van der Waals surface area contributed by atoms with Crippen LogP contribution in [-0.4, -0.2) is 69.7 Å². The van der Waals surface area contributed by atoms with Crippen molar-refractivity contribution >= 4 is 50.2 Å². The number of fused-ring (bicyclic) bond motifs is 1. The molecular weight excluding hydrogens is 586 g/mol. The summed E-state index contributed by atoms with van der Waals surface area (Å²) in [5.74, 6) is -1.43. The summed E-state index contributed by atoms with van der Waals surface area (Å²) in [6.07, 6.45) is 0.724. The average Bonchev–Trinajstić information content (AvgIpc) is 3.26. The van der Waals surface area contributed by atoms with Crippen LogP contribution in [0.3, 0.4) is 0 Å². The number of amides is 2. The molecule has 1 aromatic heterocycles. The van der Waals surface area contributed by atoms with E-state index < -0.39 is 39.7 Å². The molecule has 0 aliphatic carbocycles. The van der Waals surface area contributed by atoms with Crippen LogP contribution in [0.2, 0.25) is 5.02 Å². The van der Waals surface area contributed by atoms with Gasteiger partial charge in [-0.15, -0.1) is 0 Å². The molecule has 2 atom stereocenters. The lowest BCUT2D eigenvalue weighted by Gasteiger charge is -2.33. The Morgan fingerprint density at radius 2 is 1.79 bits per heavy atom. The van der Waals surface area contributed by atoms with Gasteiger partial charge in [-0.25, -0.2) is 12.7 Å². The van der Waals surface area contributed by atoms with Gasteiger partial charge in [-0.1, -0.05) is 25.4 Å². The first-order valence-corrected chi connectivity index (χ1v) is 15.3. The summed E-state index contributed by atoms with van der Waals surface area (Å²) < 4.78 is 44.9. The largest absolute Gasteiger partial charge is 0.493 e. The third-order valence-corrected chi connectivity index (χ3v) is 9.00. The second-order valence-corrected chi connectivity index (χ2v) is 12.7. The smallest absolute Gasteiger partial charge is 0.287 e. The number of furan rings is 1. The molecule has 1 saturated heterocycles. The molecule has 3 aromatic rings. The molecule has 2 N–H and O–H groups in total. The zero-order valence-corrected chi connectivity index (χ0v) is 25.4. The van der Waals surface area contributed by atoms with Crippen molar-refractivity contribution in [1.29, 1.82) is 0 Å². The van der Waals surface area contributed by atoms with E-state index in [4.69, 9.17) is 25.5 Å². The summed E-state index contributed by atoms with van der Waals surface area (Å²) in [5, 5.41) is 6.51. The fourth-order valence-corrected chi connectivity index (χ4v) is 6.63. The standard InChI is InChI=1S/C29H34ClN3O8S/c1-17(2)12-21(32-28(35)27-14-18-13-25(39-3)26(40-4)15-24(18)41-27)29(36)33(22-6-5-11-31-16-23(22)34)42(37,38)20-9-7-19(30)8-10-20/h7-10,13-15,17,21-22,31H,5-6,11-12,16H2,1-4H3,(H,32,35)/t21?,22-/m0/s1. The first-order chi connectivity index (χ1) is 20.0. The minimum absolute atomic E-state index is 0.0856. The highest BCUT2D eigenvalue weighted by Gasteiger charge is 2.43. The van der Waals surface area contributed by atoms with Crippen LogP contribution in [0.25, 0.3) is 11.0 Å². The molecule has 0 saturated carbocycles. The van der Waals surface area contributed by atoms with Crippen LogP contribution in [0.4, 0.5) is 0 Å². The molecule has 11 nitrogen and oxygen atoms in total. The number of carbonyl (C=O) groups is 3. The molecule has 1 fully saturated rings. The summed E-state index contributed by atoms with van der Waals surface area (Å²) in [6, 6.07) is 7.55. The lowest BCUT2D eigenvalue weighted by molar-refractivity contribution is -0.135. The third-order valence-electron chi connectivity index (χ3n) is 6.93. The molecule has 2 heterocycles. The summed E-state index contributed by atoms with van der Waals surface area (Å²) in [7, 11) is -1.55. The van der Waals surface area contributed by atoms with E-state index in [1.807, 2.05) is 13.8 Å². The van der Waals surface area contributed by atoms with Crippen molar-refractivity contribution in [2.75, 3.05) is 27.3 Å². The normalized spacial score (nSPS) is 16.6.